The van der Waals surface area contributed by atoms with E-state index in [9.17, 15) is 9.59 Å². The van der Waals surface area contributed by atoms with E-state index < -0.39 is 6.09 Å². The van der Waals surface area contributed by atoms with Crippen LogP contribution in [0.1, 0.15) is 53.2 Å². The van der Waals surface area contributed by atoms with E-state index in [1.165, 1.54) is 34.8 Å². The van der Waals surface area contributed by atoms with Crippen LogP contribution in [0.4, 0.5) is 4.79 Å². The summed E-state index contributed by atoms with van der Waals surface area (Å²) in [7, 11) is 0. The Kier molecular flexibility index (Phi) is 8.49. The molecule has 1 aliphatic carbocycles. The summed E-state index contributed by atoms with van der Waals surface area (Å²) >= 11 is 1.84. The van der Waals surface area contributed by atoms with E-state index in [-0.39, 0.29) is 12.5 Å². The average Bonchev–Trinajstić information content (AvgIpc) is 3.16. The maximum absolute atomic E-state index is 11.9. The lowest BCUT2D eigenvalue weighted by Crippen LogP contribution is -2.28. The van der Waals surface area contributed by atoms with Gasteiger partial charge in [-0.2, -0.15) is 0 Å². The van der Waals surface area contributed by atoms with Crippen LogP contribution < -0.4 is 10.6 Å². The first-order valence-electron chi connectivity index (χ1n) is 10.4. The molecule has 1 aromatic heterocycles. The minimum Gasteiger partial charge on any atom is -0.445 e. The number of aromatic nitrogens is 1. The van der Waals surface area contributed by atoms with E-state index in [1.807, 2.05) is 41.7 Å². The van der Waals surface area contributed by atoms with Crippen molar-refractivity contribution in [3.05, 3.63) is 51.5 Å². The molecule has 0 spiro atoms. The predicted molar refractivity (Wildman–Crippen MR) is 114 cm³/mol. The largest absolute Gasteiger partial charge is 0.445 e. The molecule has 0 bridgehead atoms. The number of carbonyl (C=O) groups excluding carboxylic acids is 2. The van der Waals surface area contributed by atoms with Gasteiger partial charge in [-0.15, -0.1) is 11.3 Å². The van der Waals surface area contributed by atoms with Gasteiger partial charge in [-0.1, -0.05) is 30.3 Å². The van der Waals surface area contributed by atoms with Crippen LogP contribution in [0.15, 0.2) is 30.3 Å². The van der Waals surface area contributed by atoms with Gasteiger partial charge in [0.2, 0.25) is 5.91 Å². The third-order valence-electron chi connectivity index (χ3n) is 4.84. The molecule has 0 aliphatic heterocycles. The maximum atomic E-state index is 11.9. The fourth-order valence-electron chi connectivity index (χ4n) is 3.28. The van der Waals surface area contributed by atoms with Crippen LogP contribution in [0, 0.1) is 0 Å². The molecule has 2 amide bonds. The Hall–Kier alpha value is -2.41. The molecular weight excluding hydrogens is 386 g/mol. The molecule has 1 aliphatic rings. The minimum absolute atomic E-state index is 0.0166. The van der Waals surface area contributed by atoms with Crippen molar-refractivity contribution in [2.24, 2.45) is 0 Å². The number of amides is 2. The van der Waals surface area contributed by atoms with E-state index in [2.05, 4.69) is 10.6 Å². The van der Waals surface area contributed by atoms with Crippen LogP contribution in [-0.4, -0.2) is 30.1 Å². The Morgan fingerprint density at radius 3 is 2.66 bits per heavy atom. The second-order valence-corrected chi connectivity index (χ2v) is 8.40. The molecule has 29 heavy (non-hydrogen) atoms. The molecule has 0 saturated carbocycles. The fraction of sp³-hybridized carbons (Fsp3) is 0.500. The van der Waals surface area contributed by atoms with Gasteiger partial charge in [0.05, 0.1) is 10.7 Å². The predicted octanol–water partition coefficient (Wildman–Crippen LogP) is 3.78. The van der Waals surface area contributed by atoms with Crippen LogP contribution in [0.5, 0.6) is 0 Å². The molecule has 1 aromatic carbocycles. The van der Waals surface area contributed by atoms with E-state index in [4.69, 9.17) is 9.72 Å². The van der Waals surface area contributed by atoms with E-state index in [1.54, 1.807) is 0 Å². The molecule has 3 rings (SSSR count). The summed E-state index contributed by atoms with van der Waals surface area (Å²) in [5.74, 6) is 0.0166. The Morgan fingerprint density at radius 2 is 1.83 bits per heavy atom. The van der Waals surface area contributed by atoms with Gasteiger partial charge in [0.1, 0.15) is 6.61 Å². The summed E-state index contributed by atoms with van der Waals surface area (Å²) in [4.78, 5) is 29.7. The number of thiazole rings is 1. The van der Waals surface area contributed by atoms with Gasteiger partial charge in [0, 0.05) is 30.8 Å². The normalized spacial score (nSPS) is 12.8. The number of alkyl carbamates (subject to hydrolysis) is 1. The van der Waals surface area contributed by atoms with Gasteiger partial charge in [-0.25, -0.2) is 9.78 Å². The standard InChI is InChI=1S/C22H29N3O3S/c26-20(12-6-15-24-22(27)28-16-17-8-2-1-3-9-17)23-14-7-13-21-25-18-10-4-5-11-19(18)29-21/h1-3,8-9H,4-7,10-16H2,(H,23,26)(H,24,27). The molecule has 7 heteroatoms. The van der Waals surface area contributed by atoms with Crippen molar-refractivity contribution in [1.29, 1.82) is 0 Å². The molecule has 2 N–H and O–H groups in total. The third-order valence-corrected chi connectivity index (χ3v) is 6.06. The quantitative estimate of drug-likeness (QED) is 0.579. The number of aryl methyl sites for hydroxylation is 3. The lowest BCUT2D eigenvalue weighted by molar-refractivity contribution is -0.121. The highest BCUT2D eigenvalue weighted by Crippen LogP contribution is 2.27. The number of carbonyl (C=O) groups is 2. The SMILES string of the molecule is O=C(CCCNC(=O)OCc1ccccc1)NCCCc1nc2c(s1)CCCC2. The number of nitrogens with zero attached hydrogens (tertiary/aromatic N) is 1. The van der Waals surface area contributed by atoms with Crippen molar-refractivity contribution in [2.45, 2.75) is 58.0 Å². The highest BCUT2D eigenvalue weighted by molar-refractivity contribution is 7.11. The number of hydrogen-bond donors (Lipinski definition) is 2. The molecule has 0 radical (unpaired) electrons. The Labute approximate surface area is 176 Å². The number of nitrogens with one attached hydrogen (secondary N) is 2. The minimum atomic E-state index is -0.458. The second kappa shape index (κ2) is 11.6. The number of hydrogen-bond acceptors (Lipinski definition) is 5. The number of fused-ring (bicyclic) bond motifs is 1. The third kappa shape index (κ3) is 7.49. The van der Waals surface area contributed by atoms with Gasteiger partial charge in [0.15, 0.2) is 0 Å². The summed E-state index contributed by atoms with van der Waals surface area (Å²) in [6.07, 6.45) is 7.19. The zero-order valence-electron chi connectivity index (χ0n) is 16.7. The van der Waals surface area contributed by atoms with Crippen molar-refractivity contribution < 1.29 is 14.3 Å². The molecule has 156 valence electrons. The lowest BCUT2D eigenvalue weighted by atomic mass is 10.0. The maximum Gasteiger partial charge on any atom is 0.407 e. The zero-order valence-corrected chi connectivity index (χ0v) is 17.6. The monoisotopic (exact) mass is 415 g/mol. The van der Waals surface area contributed by atoms with Gasteiger partial charge in [-0.05, 0) is 44.1 Å². The molecule has 2 aromatic rings. The van der Waals surface area contributed by atoms with Crippen LogP contribution in [0.3, 0.4) is 0 Å². The van der Waals surface area contributed by atoms with E-state index in [0.29, 0.717) is 25.9 Å². The summed E-state index contributed by atoms with van der Waals surface area (Å²) < 4.78 is 5.13. The zero-order chi connectivity index (χ0) is 20.3. The number of benzene rings is 1. The van der Waals surface area contributed by atoms with Crippen LogP contribution >= 0.6 is 11.3 Å². The van der Waals surface area contributed by atoms with Crippen molar-refractivity contribution in [3.63, 3.8) is 0 Å². The van der Waals surface area contributed by atoms with Gasteiger partial charge in [0.25, 0.3) is 0 Å². The number of ether oxygens (including phenoxy) is 1. The molecule has 1 heterocycles. The second-order valence-electron chi connectivity index (χ2n) is 7.23. The van der Waals surface area contributed by atoms with Crippen molar-refractivity contribution >= 4 is 23.3 Å². The molecule has 0 fully saturated rings. The topological polar surface area (TPSA) is 80.3 Å². The Morgan fingerprint density at radius 1 is 1.03 bits per heavy atom. The van der Waals surface area contributed by atoms with Gasteiger partial charge < -0.3 is 15.4 Å². The molecular formula is C22H29N3O3S. The van der Waals surface area contributed by atoms with Crippen LogP contribution in [-0.2, 0) is 35.4 Å². The van der Waals surface area contributed by atoms with Gasteiger partial charge in [-0.3, -0.25) is 4.79 Å². The Balaban J connectivity index is 1.19. The van der Waals surface area contributed by atoms with E-state index in [0.717, 1.165) is 24.8 Å². The molecule has 0 atom stereocenters. The van der Waals surface area contributed by atoms with Crippen molar-refractivity contribution in [1.82, 2.24) is 15.6 Å². The molecule has 0 unspecified atom stereocenters. The molecule has 0 saturated heterocycles. The summed E-state index contributed by atoms with van der Waals surface area (Å²) in [6.45, 7) is 1.33. The highest BCUT2D eigenvalue weighted by atomic mass is 32.1. The Bertz CT molecular complexity index is 768. The summed E-state index contributed by atoms with van der Waals surface area (Å²) in [6, 6.07) is 9.53. The average molecular weight is 416 g/mol. The number of rotatable bonds is 10. The highest BCUT2D eigenvalue weighted by Gasteiger charge is 2.14. The first-order valence-corrected chi connectivity index (χ1v) is 11.2. The molecule has 6 nitrogen and oxygen atoms in total. The van der Waals surface area contributed by atoms with Crippen LogP contribution in [0.2, 0.25) is 0 Å². The lowest BCUT2D eigenvalue weighted by Gasteiger charge is -2.07. The first kappa shape index (κ1) is 21.3. The summed E-state index contributed by atoms with van der Waals surface area (Å²) in [5.41, 5.74) is 2.25. The van der Waals surface area contributed by atoms with Crippen LogP contribution in [0.25, 0.3) is 0 Å². The summed E-state index contributed by atoms with van der Waals surface area (Å²) in [5, 5.41) is 6.81. The van der Waals surface area contributed by atoms with Crippen molar-refractivity contribution in [3.8, 4) is 0 Å². The van der Waals surface area contributed by atoms with Gasteiger partial charge >= 0.3 is 6.09 Å². The smallest absolute Gasteiger partial charge is 0.407 e. The first-order chi connectivity index (χ1) is 14.2. The fourth-order valence-corrected chi connectivity index (χ4v) is 4.48. The van der Waals surface area contributed by atoms with Crippen molar-refractivity contribution in [2.75, 3.05) is 13.1 Å². The van der Waals surface area contributed by atoms with E-state index >= 15 is 0 Å².